The average molecular weight is 519 g/mol. The molecule has 0 saturated carbocycles. The molecule has 3 aliphatic heterocycles. The van der Waals surface area contributed by atoms with Crippen LogP contribution in [0.5, 0.6) is 0 Å². The fraction of sp³-hybridized carbons (Fsp3) is 0.412. The first-order valence-electron chi connectivity index (χ1n) is 7.43. The number of piperidine rings is 3. The molecule has 1 amide bonds. The summed E-state index contributed by atoms with van der Waals surface area (Å²) in [6, 6.07) is 9.93. The minimum absolute atomic E-state index is 0. The number of carbonyl (C=O) groups is 1. The first-order chi connectivity index (χ1) is 10.3. The van der Waals surface area contributed by atoms with Crippen LogP contribution in [0, 0.1) is 43.1 Å². The van der Waals surface area contributed by atoms with Gasteiger partial charge in [0.05, 0.1) is 0 Å². The molecule has 2 bridgehead atoms. The van der Waals surface area contributed by atoms with Gasteiger partial charge in [0.2, 0.25) is 0 Å². The van der Waals surface area contributed by atoms with Crippen LogP contribution in [0.15, 0.2) is 41.5 Å². The van der Waals surface area contributed by atoms with E-state index in [0.29, 0.717) is 5.92 Å². The molecule has 3 heterocycles. The van der Waals surface area contributed by atoms with Gasteiger partial charge in [-0.15, -0.1) is 12.1 Å². The molecule has 0 aliphatic carbocycles. The first-order valence-corrected chi connectivity index (χ1v) is 7.43. The summed E-state index contributed by atoms with van der Waals surface area (Å²) in [7, 11) is 0. The molecular formula is C17H19N3OU. The van der Waals surface area contributed by atoms with Gasteiger partial charge in [-0.3, -0.25) is 10.9 Å². The van der Waals surface area contributed by atoms with Crippen LogP contribution in [0.4, 0.5) is 0 Å². The minimum atomic E-state index is -0.236. The first kappa shape index (κ1) is 17.5. The molecule has 1 aromatic rings. The van der Waals surface area contributed by atoms with Gasteiger partial charge < -0.3 is 15.2 Å². The molecule has 22 heavy (non-hydrogen) atoms. The van der Waals surface area contributed by atoms with Crippen molar-refractivity contribution in [1.82, 2.24) is 10.2 Å². The van der Waals surface area contributed by atoms with Crippen LogP contribution in [-0.2, 0) is 4.79 Å². The van der Waals surface area contributed by atoms with E-state index < -0.39 is 0 Å². The SMILES string of the molecule is O=C([C-]=NC=[C-]c1ccccc1)NC1CN2CCC1CC2.[U+2]. The van der Waals surface area contributed by atoms with Crippen molar-refractivity contribution >= 4 is 12.1 Å². The number of rotatable bonds is 4. The maximum absolute atomic E-state index is 11.8. The van der Waals surface area contributed by atoms with Crippen LogP contribution in [0.25, 0.3) is 0 Å². The molecular weight excluding hydrogens is 500 g/mol. The zero-order chi connectivity index (χ0) is 14.5. The summed E-state index contributed by atoms with van der Waals surface area (Å²) in [4.78, 5) is 18.1. The number of fused-ring (bicyclic) bond motifs is 3. The van der Waals surface area contributed by atoms with Crippen molar-refractivity contribution in [2.75, 3.05) is 19.6 Å². The maximum Gasteiger partial charge on any atom is 2.00 e. The van der Waals surface area contributed by atoms with Gasteiger partial charge in [0, 0.05) is 12.6 Å². The molecule has 0 spiro atoms. The van der Waals surface area contributed by atoms with Crippen molar-refractivity contribution in [3.05, 3.63) is 48.2 Å². The average Bonchev–Trinajstić information content (AvgIpc) is 2.54. The number of benzene rings is 1. The van der Waals surface area contributed by atoms with Gasteiger partial charge in [-0.1, -0.05) is 12.3 Å². The summed E-state index contributed by atoms with van der Waals surface area (Å²) in [5.41, 5.74) is 0.931. The molecule has 3 aliphatic rings. The van der Waals surface area contributed by atoms with Gasteiger partial charge >= 0.3 is 31.1 Å². The predicted octanol–water partition coefficient (Wildman–Crippen LogP) is 1.51. The second-order valence-corrected chi connectivity index (χ2v) is 5.60. The molecule has 1 atom stereocenters. The van der Waals surface area contributed by atoms with Crippen molar-refractivity contribution in [2.45, 2.75) is 18.9 Å². The van der Waals surface area contributed by atoms with E-state index in [1.54, 1.807) is 0 Å². The summed E-state index contributed by atoms with van der Waals surface area (Å²) in [6.07, 6.45) is 9.33. The second-order valence-electron chi connectivity index (χ2n) is 5.60. The zero-order valence-electron chi connectivity index (χ0n) is 12.5. The number of carbonyl (C=O) groups excluding carboxylic acids is 1. The van der Waals surface area contributed by atoms with Gasteiger partial charge in [0.1, 0.15) is 0 Å². The number of amides is 1. The molecule has 0 aromatic heterocycles. The van der Waals surface area contributed by atoms with Crippen LogP contribution in [0.3, 0.4) is 0 Å². The summed E-state index contributed by atoms with van der Waals surface area (Å²) >= 11 is 0. The van der Waals surface area contributed by atoms with Crippen LogP contribution < -0.4 is 5.32 Å². The van der Waals surface area contributed by atoms with Gasteiger partial charge in [-0.2, -0.15) is 18.3 Å². The fourth-order valence-corrected chi connectivity index (χ4v) is 3.06. The monoisotopic (exact) mass is 519 g/mol. The van der Waals surface area contributed by atoms with E-state index >= 15 is 0 Å². The van der Waals surface area contributed by atoms with Crippen molar-refractivity contribution < 1.29 is 35.9 Å². The molecule has 1 aromatic carbocycles. The number of hydrogen-bond acceptors (Lipinski definition) is 3. The Hall–Kier alpha value is -0.888. The molecule has 1 unspecified atom stereocenters. The molecule has 3 saturated heterocycles. The Bertz CT molecular complexity index is 536. The normalized spacial score (nSPS) is 27.0. The topological polar surface area (TPSA) is 44.7 Å². The van der Waals surface area contributed by atoms with Gasteiger partial charge in [-0.05, 0) is 31.8 Å². The van der Waals surface area contributed by atoms with Gasteiger partial charge in [0.25, 0.3) is 0 Å². The standard InChI is InChI=1S/C17H19N3O.U/c21-17(12-18-9-6-14-4-2-1-3-5-14)19-16-13-20-10-7-15(16)8-11-20;/h1-5,9,15-16H,7-8,10-11,13H2,(H,19,21);/q-2;+2. The Balaban J connectivity index is 0.00000176. The zero-order valence-corrected chi connectivity index (χ0v) is 16.6. The van der Waals surface area contributed by atoms with E-state index in [-0.39, 0.29) is 43.1 Å². The Labute approximate surface area is 155 Å². The Morgan fingerprint density at radius 1 is 1.27 bits per heavy atom. The van der Waals surface area contributed by atoms with Crippen molar-refractivity contribution in [3.8, 4) is 0 Å². The third-order valence-electron chi connectivity index (χ3n) is 4.21. The van der Waals surface area contributed by atoms with E-state index in [1.807, 2.05) is 30.3 Å². The molecule has 1 N–H and O–H groups in total. The van der Waals surface area contributed by atoms with Gasteiger partial charge in [-0.25, -0.2) is 5.56 Å². The van der Waals surface area contributed by atoms with Gasteiger partial charge in [0.15, 0.2) is 5.91 Å². The molecule has 112 valence electrons. The number of nitrogens with zero attached hydrogens (tertiary/aromatic N) is 2. The molecule has 0 radical (unpaired) electrons. The number of nitrogens with one attached hydrogen (secondary N) is 1. The van der Waals surface area contributed by atoms with Crippen molar-refractivity contribution in [1.29, 1.82) is 0 Å². The van der Waals surface area contributed by atoms with Crippen molar-refractivity contribution in [3.63, 3.8) is 0 Å². The fourth-order valence-electron chi connectivity index (χ4n) is 3.06. The largest absolute Gasteiger partial charge is 2.00 e. The molecule has 4 nitrogen and oxygen atoms in total. The third kappa shape index (κ3) is 4.81. The Morgan fingerprint density at radius 2 is 2.00 bits per heavy atom. The van der Waals surface area contributed by atoms with Crippen LogP contribution in [0.2, 0.25) is 0 Å². The smallest absolute Gasteiger partial charge is 0.467 e. The van der Waals surface area contributed by atoms with E-state index in [4.69, 9.17) is 0 Å². The number of aliphatic imine (C=N–C) groups is 1. The molecule has 3 fully saturated rings. The number of hydrogen-bond donors (Lipinski definition) is 1. The predicted molar refractivity (Wildman–Crippen MR) is 81.9 cm³/mol. The summed E-state index contributed by atoms with van der Waals surface area (Å²) in [5, 5.41) is 3.02. The summed E-state index contributed by atoms with van der Waals surface area (Å²) < 4.78 is 0. The third-order valence-corrected chi connectivity index (χ3v) is 4.21. The minimum Gasteiger partial charge on any atom is -0.467 e. The molecule has 4 rings (SSSR count). The van der Waals surface area contributed by atoms with E-state index in [1.165, 1.54) is 32.1 Å². The van der Waals surface area contributed by atoms with Crippen molar-refractivity contribution in [2.24, 2.45) is 10.9 Å². The van der Waals surface area contributed by atoms with E-state index in [2.05, 4.69) is 27.5 Å². The van der Waals surface area contributed by atoms with E-state index in [0.717, 1.165) is 12.1 Å². The quantitative estimate of drug-likeness (QED) is 0.485. The van der Waals surface area contributed by atoms with Crippen LogP contribution in [0.1, 0.15) is 18.4 Å². The summed E-state index contributed by atoms with van der Waals surface area (Å²) in [5.74, 6) is 0.382. The van der Waals surface area contributed by atoms with E-state index in [9.17, 15) is 4.79 Å². The molecule has 5 heteroatoms. The maximum atomic E-state index is 11.8. The Morgan fingerprint density at radius 3 is 2.64 bits per heavy atom. The van der Waals surface area contributed by atoms with Crippen LogP contribution in [-0.4, -0.2) is 42.7 Å². The Kier molecular flexibility index (Phi) is 6.88. The second kappa shape index (κ2) is 8.67. The van der Waals surface area contributed by atoms with Crippen LogP contribution >= 0.6 is 0 Å². The summed E-state index contributed by atoms with van der Waals surface area (Å²) in [6.45, 7) is 3.30.